The van der Waals surface area contributed by atoms with Gasteiger partial charge in [-0.25, -0.2) is 0 Å². The first kappa shape index (κ1) is 14.3. The van der Waals surface area contributed by atoms with Crippen LogP contribution in [0.2, 0.25) is 0 Å². The molecule has 98 valence electrons. The van der Waals surface area contributed by atoms with Crippen molar-refractivity contribution >= 4 is 11.6 Å². The fraction of sp³-hybridized carbons (Fsp3) is 0.400. The van der Waals surface area contributed by atoms with Crippen LogP contribution in [0.5, 0.6) is 0 Å². The Morgan fingerprint density at radius 1 is 1.11 bits per heavy atom. The normalized spacial score (nSPS) is 9.83. The quantitative estimate of drug-likeness (QED) is 0.763. The lowest BCUT2D eigenvalue weighted by molar-refractivity contribution is -0.125. The number of allylic oxidation sites excluding steroid dienone is 1. The van der Waals surface area contributed by atoms with Gasteiger partial charge in [0.2, 0.25) is 5.91 Å². The topological polar surface area (TPSA) is 23.6 Å². The molecule has 1 aromatic carbocycles. The third-order valence-corrected chi connectivity index (χ3v) is 2.66. The molecule has 1 aromatic rings. The molecule has 0 aromatic heterocycles. The van der Waals surface area contributed by atoms with E-state index in [9.17, 15) is 4.79 Å². The van der Waals surface area contributed by atoms with Gasteiger partial charge in [0.1, 0.15) is 0 Å². The maximum Gasteiger partial charge on any atom is 0.246 e. The van der Waals surface area contributed by atoms with E-state index in [1.165, 1.54) is 0 Å². The third-order valence-electron chi connectivity index (χ3n) is 2.66. The Labute approximate surface area is 110 Å². The number of likely N-dealkylation sites (N-methyl/N-ethyl adjacent to an activating group) is 1. The van der Waals surface area contributed by atoms with Gasteiger partial charge in [0.15, 0.2) is 0 Å². The summed E-state index contributed by atoms with van der Waals surface area (Å²) in [7, 11) is 5.85. The first-order chi connectivity index (χ1) is 8.40. The summed E-state index contributed by atoms with van der Waals surface area (Å²) < 4.78 is 0. The Kier molecular flexibility index (Phi) is 4.95. The van der Waals surface area contributed by atoms with Crippen LogP contribution in [0.25, 0.3) is 0 Å². The summed E-state index contributed by atoms with van der Waals surface area (Å²) >= 11 is 0. The van der Waals surface area contributed by atoms with Crippen LogP contribution in [0.1, 0.15) is 19.4 Å². The molecular weight excluding hydrogens is 224 g/mol. The van der Waals surface area contributed by atoms with Crippen molar-refractivity contribution in [3.8, 4) is 0 Å². The minimum Gasteiger partial charge on any atom is -0.378 e. The van der Waals surface area contributed by atoms with Gasteiger partial charge in [0.25, 0.3) is 0 Å². The van der Waals surface area contributed by atoms with Crippen LogP contribution in [-0.4, -0.2) is 32.0 Å². The zero-order chi connectivity index (χ0) is 13.7. The number of carbonyl (C=O) groups excluding carboxylic acids is 1. The molecule has 1 rings (SSSR count). The Balaban J connectivity index is 2.67. The molecule has 0 aliphatic carbocycles. The number of rotatable bonds is 4. The number of carbonyl (C=O) groups is 1. The molecule has 1 amide bonds. The predicted octanol–water partition coefficient (Wildman–Crippen LogP) is 2.68. The van der Waals surface area contributed by atoms with Crippen LogP contribution in [0.15, 0.2) is 35.9 Å². The molecule has 0 saturated heterocycles. The Bertz CT molecular complexity index is 428. The van der Waals surface area contributed by atoms with Gasteiger partial charge in [-0.2, -0.15) is 0 Å². The summed E-state index contributed by atoms with van der Waals surface area (Å²) in [6.07, 6.45) is 1.66. The summed E-state index contributed by atoms with van der Waals surface area (Å²) in [4.78, 5) is 15.6. The molecule has 0 unspecified atom stereocenters. The Morgan fingerprint density at radius 2 is 1.67 bits per heavy atom. The molecule has 0 bridgehead atoms. The third kappa shape index (κ3) is 4.24. The van der Waals surface area contributed by atoms with Crippen LogP contribution in [0.3, 0.4) is 0 Å². The zero-order valence-corrected chi connectivity index (χ0v) is 11.9. The molecule has 0 aliphatic heterocycles. The van der Waals surface area contributed by atoms with Crippen LogP contribution in [0, 0.1) is 0 Å². The van der Waals surface area contributed by atoms with Gasteiger partial charge in [0.05, 0.1) is 0 Å². The molecule has 0 radical (unpaired) electrons. The maximum atomic E-state index is 11.8. The van der Waals surface area contributed by atoms with Crippen LogP contribution in [0.4, 0.5) is 5.69 Å². The van der Waals surface area contributed by atoms with Crippen LogP contribution in [-0.2, 0) is 11.3 Å². The van der Waals surface area contributed by atoms with E-state index in [2.05, 4.69) is 29.2 Å². The summed E-state index contributed by atoms with van der Waals surface area (Å²) in [5.41, 5.74) is 3.32. The SMILES string of the molecule is CC(C)=CC(=O)N(C)Cc1ccc(N(C)C)cc1. The summed E-state index contributed by atoms with van der Waals surface area (Å²) in [6.45, 7) is 4.49. The lowest BCUT2D eigenvalue weighted by Crippen LogP contribution is -2.24. The molecule has 0 fully saturated rings. The predicted molar refractivity (Wildman–Crippen MR) is 76.7 cm³/mol. The molecule has 3 heteroatoms. The van der Waals surface area contributed by atoms with Gasteiger partial charge in [0, 0.05) is 39.5 Å². The van der Waals surface area contributed by atoms with Crippen molar-refractivity contribution < 1.29 is 4.79 Å². The number of anilines is 1. The molecule has 0 N–H and O–H groups in total. The van der Waals surface area contributed by atoms with E-state index in [1.807, 2.05) is 35.0 Å². The number of hydrogen-bond acceptors (Lipinski definition) is 2. The van der Waals surface area contributed by atoms with Crippen molar-refractivity contribution in [3.05, 3.63) is 41.5 Å². The smallest absolute Gasteiger partial charge is 0.246 e. The van der Waals surface area contributed by atoms with Crippen LogP contribution >= 0.6 is 0 Å². The average Bonchev–Trinajstić information content (AvgIpc) is 2.28. The summed E-state index contributed by atoms with van der Waals surface area (Å²) in [5, 5.41) is 0. The van der Waals surface area contributed by atoms with Gasteiger partial charge >= 0.3 is 0 Å². The van der Waals surface area contributed by atoms with E-state index in [1.54, 1.807) is 11.0 Å². The minimum absolute atomic E-state index is 0.0479. The Hall–Kier alpha value is -1.77. The molecule has 18 heavy (non-hydrogen) atoms. The van der Waals surface area contributed by atoms with Crippen molar-refractivity contribution in [2.24, 2.45) is 0 Å². The highest BCUT2D eigenvalue weighted by molar-refractivity contribution is 5.87. The van der Waals surface area contributed by atoms with E-state index in [-0.39, 0.29) is 5.91 Å². The number of benzene rings is 1. The van der Waals surface area contributed by atoms with Crippen molar-refractivity contribution in [3.63, 3.8) is 0 Å². The molecular formula is C15H22N2O. The van der Waals surface area contributed by atoms with E-state index < -0.39 is 0 Å². The van der Waals surface area contributed by atoms with Gasteiger partial charge < -0.3 is 9.80 Å². The first-order valence-electron chi connectivity index (χ1n) is 6.06. The van der Waals surface area contributed by atoms with Gasteiger partial charge in [-0.05, 0) is 31.5 Å². The molecule has 0 saturated carbocycles. The minimum atomic E-state index is 0.0479. The second-order valence-corrected chi connectivity index (χ2v) is 4.98. The van der Waals surface area contributed by atoms with E-state index in [4.69, 9.17) is 0 Å². The lowest BCUT2D eigenvalue weighted by atomic mass is 10.2. The zero-order valence-electron chi connectivity index (χ0n) is 11.9. The molecule has 3 nitrogen and oxygen atoms in total. The number of nitrogens with zero attached hydrogens (tertiary/aromatic N) is 2. The van der Waals surface area contributed by atoms with Crippen molar-refractivity contribution in [1.29, 1.82) is 0 Å². The monoisotopic (exact) mass is 246 g/mol. The highest BCUT2D eigenvalue weighted by atomic mass is 16.2. The highest BCUT2D eigenvalue weighted by Gasteiger charge is 2.06. The lowest BCUT2D eigenvalue weighted by Gasteiger charge is -2.17. The second-order valence-electron chi connectivity index (χ2n) is 4.98. The summed E-state index contributed by atoms with van der Waals surface area (Å²) in [5.74, 6) is 0.0479. The maximum absolute atomic E-state index is 11.8. The van der Waals surface area contributed by atoms with Crippen molar-refractivity contribution in [2.75, 3.05) is 26.0 Å². The average molecular weight is 246 g/mol. The molecule has 0 aliphatic rings. The van der Waals surface area contributed by atoms with E-state index >= 15 is 0 Å². The largest absolute Gasteiger partial charge is 0.378 e. The second kappa shape index (κ2) is 6.24. The van der Waals surface area contributed by atoms with Crippen LogP contribution < -0.4 is 4.90 Å². The molecule has 0 atom stereocenters. The Morgan fingerprint density at radius 3 is 2.11 bits per heavy atom. The van der Waals surface area contributed by atoms with Gasteiger partial charge in [-0.3, -0.25) is 4.79 Å². The fourth-order valence-corrected chi connectivity index (χ4v) is 1.61. The first-order valence-corrected chi connectivity index (χ1v) is 6.06. The molecule has 0 heterocycles. The van der Waals surface area contributed by atoms with Gasteiger partial charge in [-0.1, -0.05) is 17.7 Å². The number of hydrogen-bond donors (Lipinski definition) is 0. The van der Waals surface area contributed by atoms with E-state index in [0.717, 1.165) is 16.8 Å². The number of amides is 1. The molecule has 0 spiro atoms. The highest BCUT2D eigenvalue weighted by Crippen LogP contribution is 2.13. The van der Waals surface area contributed by atoms with E-state index in [0.29, 0.717) is 6.54 Å². The van der Waals surface area contributed by atoms with Crippen molar-refractivity contribution in [1.82, 2.24) is 4.90 Å². The summed E-state index contributed by atoms with van der Waals surface area (Å²) in [6, 6.07) is 8.24. The fourth-order valence-electron chi connectivity index (χ4n) is 1.61. The van der Waals surface area contributed by atoms with Crippen molar-refractivity contribution in [2.45, 2.75) is 20.4 Å². The standard InChI is InChI=1S/C15H22N2O/c1-12(2)10-15(18)17(5)11-13-6-8-14(9-7-13)16(3)4/h6-10H,11H2,1-5H3. The van der Waals surface area contributed by atoms with Gasteiger partial charge in [-0.15, -0.1) is 0 Å².